The van der Waals surface area contributed by atoms with Crippen LogP contribution < -0.4 is 0 Å². The zero-order chi connectivity index (χ0) is 13.3. The van der Waals surface area contributed by atoms with E-state index in [0.717, 1.165) is 12.8 Å². The summed E-state index contributed by atoms with van der Waals surface area (Å²) in [6, 6.07) is 0. The Labute approximate surface area is 102 Å². The number of hydrogen-bond acceptors (Lipinski definition) is 4. The van der Waals surface area contributed by atoms with Crippen LogP contribution in [0.15, 0.2) is 12.2 Å². The standard InChI is InChI=1S/C11H13F3O4/c1-6(11(12,13)14)10(15)17-5-16-9-4-7-2-3-8(9)18-7/h7-9H,1-5H2. The molecule has 2 aliphatic heterocycles. The van der Waals surface area contributed by atoms with Gasteiger partial charge in [-0.25, -0.2) is 4.79 Å². The van der Waals surface area contributed by atoms with Gasteiger partial charge in [0, 0.05) is 6.42 Å². The zero-order valence-electron chi connectivity index (χ0n) is 9.53. The molecule has 18 heavy (non-hydrogen) atoms. The molecule has 0 aliphatic carbocycles. The lowest BCUT2D eigenvalue weighted by molar-refractivity contribution is -0.167. The Morgan fingerprint density at radius 1 is 1.39 bits per heavy atom. The van der Waals surface area contributed by atoms with Crippen molar-refractivity contribution in [1.82, 2.24) is 0 Å². The highest BCUT2D eigenvalue weighted by molar-refractivity contribution is 5.89. The van der Waals surface area contributed by atoms with Crippen molar-refractivity contribution < 1.29 is 32.2 Å². The van der Waals surface area contributed by atoms with Crippen molar-refractivity contribution in [2.45, 2.75) is 43.8 Å². The summed E-state index contributed by atoms with van der Waals surface area (Å²) in [4.78, 5) is 11.0. The number of carbonyl (C=O) groups excluding carboxylic acids is 1. The summed E-state index contributed by atoms with van der Waals surface area (Å²) >= 11 is 0. The molecule has 2 heterocycles. The van der Waals surface area contributed by atoms with Gasteiger partial charge in [0.2, 0.25) is 0 Å². The molecular formula is C11H13F3O4. The molecule has 0 spiro atoms. The lowest BCUT2D eigenvalue weighted by Crippen LogP contribution is -2.28. The first-order valence-electron chi connectivity index (χ1n) is 5.58. The number of fused-ring (bicyclic) bond motifs is 2. The summed E-state index contributed by atoms with van der Waals surface area (Å²) in [5.74, 6) is -1.51. The molecule has 3 unspecified atom stereocenters. The van der Waals surface area contributed by atoms with Gasteiger partial charge in [-0.15, -0.1) is 0 Å². The van der Waals surface area contributed by atoms with Crippen LogP contribution in [0.4, 0.5) is 13.2 Å². The molecule has 2 bridgehead atoms. The first kappa shape index (κ1) is 13.4. The second-order valence-corrected chi connectivity index (χ2v) is 4.34. The van der Waals surface area contributed by atoms with Gasteiger partial charge in [-0.2, -0.15) is 13.2 Å². The summed E-state index contributed by atoms with van der Waals surface area (Å²) in [5, 5.41) is 0. The molecule has 2 fully saturated rings. The van der Waals surface area contributed by atoms with Crippen LogP contribution in [0.2, 0.25) is 0 Å². The van der Waals surface area contributed by atoms with Crippen LogP contribution in [0.3, 0.4) is 0 Å². The normalized spacial score (nSPS) is 30.5. The minimum Gasteiger partial charge on any atom is -0.435 e. The smallest absolute Gasteiger partial charge is 0.422 e. The number of rotatable bonds is 4. The van der Waals surface area contributed by atoms with E-state index in [9.17, 15) is 18.0 Å². The van der Waals surface area contributed by atoms with E-state index in [1.54, 1.807) is 0 Å². The highest BCUT2D eigenvalue weighted by Crippen LogP contribution is 2.36. The van der Waals surface area contributed by atoms with Crippen molar-refractivity contribution in [3.05, 3.63) is 12.2 Å². The largest absolute Gasteiger partial charge is 0.435 e. The maximum atomic E-state index is 12.1. The molecule has 0 radical (unpaired) electrons. The Hall–Kier alpha value is -1.08. The first-order chi connectivity index (χ1) is 8.38. The van der Waals surface area contributed by atoms with Crippen LogP contribution >= 0.6 is 0 Å². The van der Waals surface area contributed by atoms with Crippen molar-refractivity contribution in [2.75, 3.05) is 6.79 Å². The molecule has 3 atom stereocenters. The Morgan fingerprint density at radius 2 is 2.11 bits per heavy atom. The van der Waals surface area contributed by atoms with E-state index < -0.39 is 24.5 Å². The maximum Gasteiger partial charge on any atom is 0.422 e. The second kappa shape index (κ2) is 4.89. The lowest BCUT2D eigenvalue weighted by atomic mass is 9.98. The van der Waals surface area contributed by atoms with Crippen LogP contribution in [0, 0.1) is 0 Å². The number of hydrogen-bond donors (Lipinski definition) is 0. The minimum atomic E-state index is -4.77. The monoisotopic (exact) mass is 266 g/mol. The average Bonchev–Trinajstić information content (AvgIpc) is 2.88. The summed E-state index contributed by atoms with van der Waals surface area (Å²) in [5.41, 5.74) is -1.53. The van der Waals surface area contributed by atoms with Gasteiger partial charge in [-0.05, 0) is 12.8 Å². The van der Waals surface area contributed by atoms with Gasteiger partial charge in [0.15, 0.2) is 6.79 Å². The Kier molecular flexibility index (Phi) is 3.63. The highest BCUT2D eigenvalue weighted by atomic mass is 19.4. The van der Waals surface area contributed by atoms with Crippen LogP contribution in [0.5, 0.6) is 0 Å². The van der Waals surface area contributed by atoms with Gasteiger partial charge in [0.1, 0.15) is 5.57 Å². The lowest BCUT2D eigenvalue weighted by Gasteiger charge is -2.19. The van der Waals surface area contributed by atoms with Crippen LogP contribution in [0.1, 0.15) is 19.3 Å². The number of alkyl halides is 3. The molecule has 102 valence electrons. The molecule has 0 aromatic rings. The summed E-state index contributed by atoms with van der Waals surface area (Å²) in [7, 11) is 0. The van der Waals surface area contributed by atoms with Gasteiger partial charge in [0.05, 0.1) is 18.3 Å². The van der Waals surface area contributed by atoms with E-state index in [1.807, 2.05) is 0 Å². The van der Waals surface area contributed by atoms with Gasteiger partial charge < -0.3 is 14.2 Å². The third kappa shape index (κ3) is 2.84. The molecule has 2 rings (SSSR count). The SMILES string of the molecule is C=C(C(=O)OCOC1CC2CCC1O2)C(F)(F)F. The Morgan fingerprint density at radius 3 is 2.61 bits per heavy atom. The molecule has 0 amide bonds. The van der Waals surface area contributed by atoms with Crippen molar-refractivity contribution >= 4 is 5.97 Å². The van der Waals surface area contributed by atoms with Crippen LogP contribution in [0.25, 0.3) is 0 Å². The summed E-state index contributed by atoms with van der Waals surface area (Å²) in [6.07, 6.45) is -2.28. The molecule has 2 aliphatic rings. The number of ether oxygens (including phenoxy) is 3. The molecule has 2 saturated heterocycles. The number of esters is 1. The van der Waals surface area contributed by atoms with E-state index in [1.165, 1.54) is 0 Å². The van der Waals surface area contributed by atoms with Crippen molar-refractivity contribution in [3.8, 4) is 0 Å². The van der Waals surface area contributed by atoms with E-state index in [4.69, 9.17) is 9.47 Å². The fourth-order valence-corrected chi connectivity index (χ4v) is 2.14. The Bertz CT molecular complexity index is 353. The van der Waals surface area contributed by atoms with E-state index in [-0.39, 0.29) is 18.3 Å². The van der Waals surface area contributed by atoms with Crippen LogP contribution in [-0.2, 0) is 19.0 Å². The molecule has 0 saturated carbocycles. The molecule has 7 heteroatoms. The molecular weight excluding hydrogens is 253 g/mol. The van der Waals surface area contributed by atoms with Crippen molar-refractivity contribution in [3.63, 3.8) is 0 Å². The van der Waals surface area contributed by atoms with Crippen LogP contribution in [-0.4, -0.2) is 37.3 Å². The van der Waals surface area contributed by atoms with Crippen molar-refractivity contribution in [1.29, 1.82) is 0 Å². The minimum absolute atomic E-state index is 0.0282. The van der Waals surface area contributed by atoms with E-state index in [0.29, 0.717) is 6.42 Å². The fraction of sp³-hybridized carbons (Fsp3) is 0.727. The number of halogens is 3. The molecule has 0 N–H and O–H groups in total. The summed E-state index contributed by atoms with van der Waals surface area (Å²) < 4.78 is 51.3. The zero-order valence-corrected chi connectivity index (χ0v) is 9.53. The van der Waals surface area contributed by atoms with E-state index >= 15 is 0 Å². The predicted molar refractivity (Wildman–Crippen MR) is 53.5 cm³/mol. The van der Waals surface area contributed by atoms with Gasteiger partial charge in [-0.1, -0.05) is 6.58 Å². The fourth-order valence-electron chi connectivity index (χ4n) is 2.14. The average molecular weight is 266 g/mol. The molecule has 4 nitrogen and oxygen atoms in total. The first-order valence-corrected chi connectivity index (χ1v) is 5.58. The van der Waals surface area contributed by atoms with Gasteiger partial charge >= 0.3 is 12.1 Å². The van der Waals surface area contributed by atoms with Gasteiger partial charge in [0.25, 0.3) is 0 Å². The molecule has 0 aromatic carbocycles. The predicted octanol–water partition coefficient (Wildman–Crippen LogP) is 1.94. The Balaban J connectivity index is 1.70. The number of carbonyl (C=O) groups is 1. The van der Waals surface area contributed by atoms with E-state index in [2.05, 4.69) is 11.3 Å². The topological polar surface area (TPSA) is 44.8 Å². The van der Waals surface area contributed by atoms with Gasteiger partial charge in [-0.3, -0.25) is 0 Å². The maximum absolute atomic E-state index is 12.1. The quantitative estimate of drug-likeness (QED) is 0.443. The summed E-state index contributed by atoms with van der Waals surface area (Å²) in [6.45, 7) is 2.13. The third-order valence-electron chi connectivity index (χ3n) is 3.11. The van der Waals surface area contributed by atoms with Crippen molar-refractivity contribution in [2.24, 2.45) is 0 Å². The molecule has 0 aromatic heterocycles. The third-order valence-corrected chi connectivity index (χ3v) is 3.11. The highest BCUT2D eigenvalue weighted by Gasteiger charge is 2.42. The second-order valence-electron chi connectivity index (χ2n) is 4.34.